The van der Waals surface area contributed by atoms with Crippen LogP contribution >= 0.6 is 0 Å². The first kappa shape index (κ1) is 26.3. The standard InChI is InChI=1S/C26H30N4O6/c1-16(2)23(30-26(35)36-15-17-8-4-3-5-9-17)24(32)28-14-22(31)29-21(25(33)34)12-18-13-27-20-11-7-6-10-19(18)20/h3-11,13,16,21,23,27H,12,14-15H2,1-2H3,(H,28,32)(H,29,31)(H,30,35)(H,33,34). The van der Waals surface area contributed by atoms with Crippen LogP contribution in [-0.4, -0.2) is 52.6 Å². The van der Waals surface area contributed by atoms with E-state index in [1.165, 1.54) is 0 Å². The second-order valence-corrected chi connectivity index (χ2v) is 8.67. The maximum Gasteiger partial charge on any atom is 0.408 e. The van der Waals surface area contributed by atoms with Crippen LogP contribution in [0.25, 0.3) is 10.9 Å². The van der Waals surface area contributed by atoms with Crippen LogP contribution < -0.4 is 16.0 Å². The van der Waals surface area contributed by atoms with Crippen molar-refractivity contribution < 1.29 is 29.0 Å². The number of aromatic amines is 1. The highest BCUT2D eigenvalue weighted by molar-refractivity contribution is 5.91. The van der Waals surface area contributed by atoms with Crippen molar-refractivity contribution in [2.75, 3.05) is 6.54 Å². The number of H-pyrrole nitrogens is 1. The quantitative estimate of drug-likeness (QED) is 0.276. The van der Waals surface area contributed by atoms with Gasteiger partial charge in [0, 0.05) is 23.5 Å². The molecule has 5 N–H and O–H groups in total. The summed E-state index contributed by atoms with van der Waals surface area (Å²) in [5.74, 6) is -2.72. The predicted octanol–water partition coefficient (Wildman–Crippen LogP) is 2.35. The first-order valence-electron chi connectivity index (χ1n) is 11.6. The van der Waals surface area contributed by atoms with Crippen molar-refractivity contribution in [1.82, 2.24) is 20.9 Å². The first-order chi connectivity index (χ1) is 17.2. The predicted molar refractivity (Wildman–Crippen MR) is 133 cm³/mol. The Morgan fingerprint density at radius 2 is 1.67 bits per heavy atom. The summed E-state index contributed by atoms with van der Waals surface area (Å²) in [6, 6.07) is 14.4. The van der Waals surface area contributed by atoms with Gasteiger partial charge >= 0.3 is 12.1 Å². The average molecular weight is 495 g/mol. The Balaban J connectivity index is 1.51. The molecule has 0 aliphatic rings. The summed E-state index contributed by atoms with van der Waals surface area (Å²) >= 11 is 0. The molecule has 0 fully saturated rings. The highest BCUT2D eigenvalue weighted by Gasteiger charge is 2.26. The summed E-state index contributed by atoms with van der Waals surface area (Å²) in [7, 11) is 0. The summed E-state index contributed by atoms with van der Waals surface area (Å²) in [6.45, 7) is 3.09. The molecular weight excluding hydrogens is 464 g/mol. The van der Waals surface area contributed by atoms with Gasteiger partial charge in [0.25, 0.3) is 0 Å². The molecule has 1 heterocycles. The van der Waals surface area contributed by atoms with Gasteiger partial charge in [0.15, 0.2) is 0 Å². The molecule has 0 saturated heterocycles. The molecule has 0 aliphatic carbocycles. The number of aliphatic carboxylic acids is 1. The molecule has 10 nitrogen and oxygen atoms in total. The molecule has 0 saturated carbocycles. The number of hydrogen-bond donors (Lipinski definition) is 5. The van der Waals surface area contributed by atoms with E-state index >= 15 is 0 Å². The summed E-state index contributed by atoms with van der Waals surface area (Å²) < 4.78 is 5.17. The molecule has 3 rings (SSSR count). The minimum atomic E-state index is -1.19. The fourth-order valence-corrected chi connectivity index (χ4v) is 3.67. The van der Waals surface area contributed by atoms with Crippen molar-refractivity contribution in [1.29, 1.82) is 0 Å². The third-order valence-corrected chi connectivity index (χ3v) is 5.59. The molecule has 0 spiro atoms. The zero-order valence-electron chi connectivity index (χ0n) is 20.1. The van der Waals surface area contributed by atoms with Gasteiger partial charge in [0.05, 0.1) is 6.54 Å². The lowest BCUT2D eigenvalue weighted by atomic mass is 10.0. The van der Waals surface area contributed by atoms with Crippen LogP contribution in [0, 0.1) is 5.92 Å². The molecule has 2 aromatic carbocycles. The lowest BCUT2D eigenvalue weighted by Crippen LogP contribution is -2.52. The number of benzene rings is 2. The van der Waals surface area contributed by atoms with Gasteiger partial charge in [-0.3, -0.25) is 9.59 Å². The molecule has 1 aromatic heterocycles. The lowest BCUT2D eigenvalue weighted by molar-refractivity contribution is -0.141. The van der Waals surface area contributed by atoms with Crippen molar-refractivity contribution in [2.24, 2.45) is 5.92 Å². The van der Waals surface area contributed by atoms with Crippen molar-refractivity contribution >= 4 is 34.8 Å². The summed E-state index contributed by atoms with van der Waals surface area (Å²) in [4.78, 5) is 52.1. The number of ether oxygens (including phenoxy) is 1. The van der Waals surface area contributed by atoms with Gasteiger partial charge in [-0.1, -0.05) is 62.4 Å². The Hall–Kier alpha value is -4.34. The Labute approximate surface area is 208 Å². The molecular formula is C26H30N4O6. The van der Waals surface area contributed by atoms with Crippen molar-refractivity contribution in [3.05, 3.63) is 71.9 Å². The highest BCUT2D eigenvalue weighted by Crippen LogP contribution is 2.19. The van der Waals surface area contributed by atoms with E-state index in [0.717, 1.165) is 22.0 Å². The maximum atomic E-state index is 12.6. The van der Waals surface area contributed by atoms with E-state index in [0.29, 0.717) is 0 Å². The van der Waals surface area contributed by atoms with E-state index in [1.54, 1.807) is 32.2 Å². The molecule has 3 amide bonds. The number of carboxylic acid groups (broad SMARTS) is 1. The van der Waals surface area contributed by atoms with Gasteiger partial charge in [-0.15, -0.1) is 0 Å². The number of carbonyl (C=O) groups excluding carboxylic acids is 3. The van der Waals surface area contributed by atoms with Crippen molar-refractivity contribution in [3.63, 3.8) is 0 Å². The van der Waals surface area contributed by atoms with E-state index in [9.17, 15) is 24.3 Å². The minimum Gasteiger partial charge on any atom is -0.480 e. The number of aromatic nitrogens is 1. The summed E-state index contributed by atoms with van der Waals surface area (Å²) in [5, 5.41) is 17.9. The molecule has 3 aromatic rings. The number of fused-ring (bicyclic) bond motifs is 1. The topological polar surface area (TPSA) is 150 Å². The zero-order chi connectivity index (χ0) is 26.1. The normalized spacial score (nSPS) is 12.5. The van der Waals surface area contributed by atoms with Gasteiger partial charge < -0.3 is 30.8 Å². The third-order valence-electron chi connectivity index (χ3n) is 5.59. The molecule has 2 atom stereocenters. The number of para-hydroxylation sites is 1. The maximum absolute atomic E-state index is 12.6. The fraction of sp³-hybridized carbons (Fsp3) is 0.308. The summed E-state index contributed by atoms with van der Waals surface area (Å²) in [6.07, 6.45) is 1.02. The number of alkyl carbamates (subject to hydrolysis) is 1. The van der Waals surface area contributed by atoms with Crippen molar-refractivity contribution in [2.45, 2.75) is 39.0 Å². The molecule has 0 bridgehead atoms. The number of rotatable bonds is 11. The SMILES string of the molecule is CC(C)C(NC(=O)OCc1ccccc1)C(=O)NCC(=O)NC(Cc1c[nH]c2ccccc12)C(=O)O. The van der Waals surface area contributed by atoms with E-state index in [1.807, 2.05) is 42.5 Å². The van der Waals surface area contributed by atoms with Crippen LogP contribution in [0.4, 0.5) is 4.79 Å². The van der Waals surface area contributed by atoms with E-state index in [2.05, 4.69) is 20.9 Å². The molecule has 0 aliphatic heterocycles. The summed E-state index contributed by atoms with van der Waals surface area (Å²) in [5.41, 5.74) is 2.42. The van der Waals surface area contributed by atoms with Crippen molar-refractivity contribution in [3.8, 4) is 0 Å². The van der Waals surface area contributed by atoms with Crippen LogP contribution in [0.3, 0.4) is 0 Å². The Kier molecular flexibility index (Phi) is 9.04. The highest BCUT2D eigenvalue weighted by atomic mass is 16.5. The lowest BCUT2D eigenvalue weighted by Gasteiger charge is -2.21. The largest absolute Gasteiger partial charge is 0.480 e. The molecule has 2 unspecified atom stereocenters. The van der Waals surface area contributed by atoms with Gasteiger partial charge in [-0.05, 0) is 23.1 Å². The number of amides is 3. The number of carbonyl (C=O) groups is 4. The van der Waals surface area contributed by atoms with Gasteiger partial charge in [-0.2, -0.15) is 0 Å². The zero-order valence-corrected chi connectivity index (χ0v) is 20.1. The van der Waals surface area contributed by atoms with Crippen LogP contribution in [0.15, 0.2) is 60.8 Å². The van der Waals surface area contributed by atoms with Crippen LogP contribution in [0.5, 0.6) is 0 Å². The Bertz CT molecular complexity index is 1210. The molecule has 190 valence electrons. The number of carboxylic acids is 1. The van der Waals surface area contributed by atoms with Gasteiger partial charge in [0.2, 0.25) is 11.8 Å². The Morgan fingerprint density at radius 1 is 0.972 bits per heavy atom. The Morgan fingerprint density at radius 3 is 2.36 bits per heavy atom. The van der Waals surface area contributed by atoms with E-state index in [4.69, 9.17) is 4.74 Å². The van der Waals surface area contributed by atoms with Gasteiger partial charge in [0.1, 0.15) is 18.7 Å². The number of nitrogens with one attached hydrogen (secondary N) is 4. The van der Waals surface area contributed by atoms with Gasteiger partial charge in [-0.25, -0.2) is 9.59 Å². The monoisotopic (exact) mass is 494 g/mol. The van der Waals surface area contributed by atoms with Crippen LogP contribution in [0.1, 0.15) is 25.0 Å². The van der Waals surface area contributed by atoms with Crippen LogP contribution in [-0.2, 0) is 32.1 Å². The molecule has 10 heteroatoms. The fourth-order valence-electron chi connectivity index (χ4n) is 3.67. The second kappa shape index (κ2) is 12.4. The second-order valence-electron chi connectivity index (χ2n) is 8.67. The first-order valence-corrected chi connectivity index (χ1v) is 11.6. The molecule has 36 heavy (non-hydrogen) atoms. The third kappa shape index (κ3) is 7.33. The van der Waals surface area contributed by atoms with E-state index < -0.39 is 42.5 Å². The molecule has 0 radical (unpaired) electrons. The van der Waals surface area contributed by atoms with Crippen LogP contribution in [0.2, 0.25) is 0 Å². The average Bonchev–Trinajstić information content (AvgIpc) is 3.27. The number of hydrogen-bond acceptors (Lipinski definition) is 5. The minimum absolute atomic E-state index is 0.0501. The smallest absolute Gasteiger partial charge is 0.408 e. The van der Waals surface area contributed by atoms with E-state index in [-0.39, 0.29) is 18.9 Å².